The SMILES string of the molecule is C=CCc1cc(C)ccc1OC[C@H](O)Cn1nnc2ccccc21. The molecule has 1 aromatic heterocycles. The van der Waals surface area contributed by atoms with Crippen molar-refractivity contribution in [3.63, 3.8) is 0 Å². The molecule has 1 heterocycles. The van der Waals surface area contributed by atoms with E-state index in [-0.39, 0.29) is 6.61 Å². The van der Waals surface area contributed by atoms with Gasteiger partial charge in [0.1, 0.15) is 24.0 Å². The second kappa shape index (κ2) is 7.27. The number of benzene rings is 2. The fourth-order valence-electron chi connectivity index (χ4n) is 2.65. The summed E-state index contributed by atoms with van der Waals surface area (Å²) in [5, 5.41) is 18.5. The fraction of sp³-hybridized carbons (Fsp3) is 0.263. The van der Waals surface area contributed by atoms with E-state index < -0.39 is 6.10 Å². The van der Waals surface area contributed by atoms with Crippen molar-refractivity contribution in [3.8, 4) is 5.75 Å². The Morgan fingerprint density at radius 1 is 1.29 bits per heavy atom. The Labute approximate surface area is 141 Å². The Hall–Kier alpha value is -2.66. The normalized spacial score (nSPS) is 12.2. The number of rotatable bonds is 7. The third-order valence-electron chi connectivity index (χ3n) is 3.82. The molecule has 2 aromatic carbocycles. The molecule has 24 heavy (non-hydrogen) atoms. The lowest BCUT2D eigenvalue weighted by Gasteiger charge is -2.15. The van der Waals surface area contributed by atoms with Gasteiger partial charge in [-0.3, -0.25) is 0 Å². The minimum atomic E-state index is -0.673. The molecule has 0 aliphatic carbocycles. The highest BCUT2D eigenvalue weighted by Gasteiger charge is 2.12. The van der Waals surface area contributed by atoms with Crippen LogP contribution in [-0.4, -0.2) is 32.8 Å². The van der Waals surface area contributed by atoms with Gasteiger partial charge in [-0.15, -0.1) is 11.7 Å². The van der Waals surface area contributed by atoms with Gasteiger partial charge in [0.15, 0.2) is 0 Å². The molecule has 3 aromatic rings. The summed E-state index contributed by atoms with van der Waals surface area (Å²) >= 11 is 0. The minimum Gasteiger partial charge on any atom is -0.491 e. The topological polar surface area (TPSA) is 60.2 Å². The van der Waals surface area contributed by atoms with E-state index in [9.17, 15) is 5.11 Å². The molecule has 0 saturated carbocycles. The van der Waals surface area contributed by atoms with Gasteiger partial charge in [0.05, 0.1) is 12.1 Å². The summed E-state index contributed by atoms with van der Waals surface area (Å²) in [6.07, 6.45) is 1.91. The van der Waals surface area contributed by atoms with Crippen molar-refractivity contribution in [3.05, 3.63) is 66.2 Å². The van der Waals surface area contributed by atoms with Crippen molar-refractivity contribution in [2.75, 3.05) is 6.61 Å². The molecule has 0 radical (unpaired) electrons. The molecule has 124 valence electrons. The summed E-state index contributed by atoms with van der Waals surface area (Å²) in [5.41, 5.74) is 3.97. The third-order valence-corrected chi connectivity index (χ3v) is 3.82. The van der Waals surface area contributed by atoms with Gasteiger partial charge in [-0.05, 0) is 37.1 Å². The van der Waals surface area contributed by atoms with Crippen LogP contribution in [0.15, 0.2) is 55.1 Å². The molecule has 0 unspecified atom stereocenters. The Morgan fingerprint density at radius 2 is 2.12 bits per heavy atom. The lowest BCUT2D eigenvalue weighted by atomic mass is 10.1. The number of hydrogen-bond acceptors (Lipinski definition) is 4. The first-order valence-corrected chi connectivity index (χ1v) is 7.97. The van der Waals surface area contributed by atoms with E-state index in [0.29, 0.717) is 6.54 Å². The van der Waals surface area contributed by atoms with Crippen LogP contribution >= 0.6 is 0 Å². The fourth-order valence-corrected chi connectivity index (χ4v) is 2.65. The Morgan fingerprint density at radius 3 is 2.96 bits per heavy atom. The molecule has 1 atom stereocenters. The van der Waals surface area contributed by atoms with Crippen LogP contribution in [0.5, 0.6) is 5.75 Å². The van der Waals surface area contributed by atoms with Crippen LogP contribution in [-0.2, 0) is 13.0 Å². The number of ether oxygens (including phenoxy) is 1. The van der Waals surface area contributed by atoms with E-state index in [2.05, 4.69) is 23.0 Å². The number of allylic oxidation sites excluding steroid dienone is 1. The summed E-state index contributed by atoms with van der Waals surface area (Å²) in [6.45, 7) is 6.35. The molecule has 0 amide bonds. The van der Waals surface area contributed by atoms with Crippen LogP contribution in [0.4, 0.5) is 0 Å². The number of para-hydroxylation sites is 1. The standard InChI is InChI=1S/C19H21N3O2/c1-3-6-15-11-14(2)9-10-19(15)24-13-16(23)12-22-18-8-5-4-7-17(18)20-21-22/h3-5,7-11,16,23H,1,6,12-13H2,2H3/t16-/m1/s1. The van der Waals surface area contributed by atoms with Gasteiger partial charge in [-0.25, -0.2) is 4.68 Å². The summed E-state index contributed by atoms with van der Waals surface area (Å²) in [7, 11) is 0. The van der Waals surface area contributed by atoms with Gasteiger partial charge < -0.3 is 9.84 Å². The smallest absolute Gasteiger partial charge is 0.122 e. The zero-order valence-corrected chi connectivity index (χ0v) is 13.7. The van der Waals surface area contributed by atoms with E-state index in [4.69, 9.17) is 4.74 Å². The molecule has 0 fully saturated rings. The average Bonchev–Trinajstić information content (AvgIpc) is 2.98. The molecule has 3 rings (SSSR count). The summed E-state index contributed by atoms with van der Waals surface area (Å²) < 4.78 is 7.51. The predicted molar refractivity (Wildman–Crippen MR) is 94.1 cm³/mol. The predicted octanol–water partition coefficient (Wildman–Crippen LogP) is 2.91. The van der Waals surface area contributed by atoms with Crippen molar-refractivity contribution in [2.24, 2.45) is 0 Å². The largest absolute Gasteiger partial charge is 0.491 e. The van der Waals surface area contributed by atoms with Crippen LogP contribution in [0.1, 0.15) is 11.1 Å². The number of nitrogens with zero attached hydrogens (tertiary/aromatic N) is 3. The van der Waals surface area contributed by atoms with Gasteiger partial charge in [-0.2, -0.15) is 0 Å². The number of aliphatic hydroxyl groups is 1. The molecule has 0 aliphatic rings. The van der Waals surface area contributed by atoms with Crippen molar-refractivity contribution < 1.29 is 9.84 Å². The summed E-state index contributed by atoms with van der Waals surface area (Å²) in [6, 6.07) is 13.7. The number of aliphatic hydroxyl groups excluding tert-OH is 1. The van der Waals surface area contributed by atoms with E-state index in [1.54, 1.807) is 4.68 Å². The van der Waals surface area contributed by atoms with Crippen LogP contribution in [0.3, 0.4) is 0 Å². The van der Waals surface area contributed by atoms with Crippen molar-refractivity contribution in [2.45, 2.75) is 26.0 Å². The number of aromatic nitrogens is 3. The third kappa shape index (κ3) is 3.63. The van der Waals surface area contributed by atoms with Crippen LogP contribution in [0.25, 0.3) is 11.0 Å². The van der Waals surface area contributed by atoms with Gasteiger partial charge in [-0.1, -0.05) is 41.1 Å². The Balaban J connectivity index is 1.65. The zero-order chi connectivity index (χ0) is 16.9. The lowest BCUT2D eigenvalue weighted by molar-refractivity contribution is 0.0895. The minimum absolute atomic E-state index is 0.196. The van der Waals surface area contributed by atoms with Crippen molar-refractivity contribution >= 4 is 11.0 Å². The highest BCUT2D eigenvalue weighted by molar-refractivity contribution is 5.73. The highest BCUT2D eigenvalue weighted by Crippen LogP contribution is 2.21. The number of hydrogen-bond donors (Lipinski definition) is 1. The molecule has 0 saturated heterocycles. The van der Waals surface area contributed by atoms with Gasteiger partial charge >= 0.3 is 0 Å². The quantitative estimate of drug-likeness (QED) is 0.679. The van der Waals surface area contributed by atoms with Crippen molar-refractivity contribution in [1.29, 1.82) is 0 Å². The monoisotopic (exact) mass is 323 g/mol. The Bertz CT molecular complexity index is 841. The molecular weight excluding hydrogens is 302 g/mol. The number of fused-ring (bicyclic) bond motifs is 1. The summed E-state index contributed by atoms with van der Waals surface area (Å²) in [5.74, 6) is 0.781. The zero-order valence-electron chi connectivity index (χ0n) is 13.7. The second-order valence-electron chi connectivity index (χ2n) is 5.83. The van der Waals surface area contributed by atoms with Gasteiger partial charge in [0.2, 0.25) is 0 Å². The van der Waals surface area contributed by atoms with Gasteiger partial charge in [0.25, 0.3) is 0 Å². The van der Waals surface area contributed by atoms with Crippen LogP contribution in [0.2, 0.25) is 0 Å². The average molecular weight is 323 g/mol. The first kappa shape index (κ1) is 16.2. The molecule has 5 nitrogen and oxygen atoms in total. The molecule has 0 spiro atoms. The molecule has 0 aliphatic heterocycles. The lowest BCUT2D eigenvalue weighted by Crippen LogP contribution is -2.24. The Kier molecular flexibility index (Phi) is 4.91. The molecule has 0 bridgehead atoms. The maximum atomic E-state index is 10.3. The van der Waals surface area contributed by atoms with E-state index in [1.165, 1.54) is 5.56 Å². The molecule has 5 heteroatoms. The first-order chi connectivity index (χ1) is 11.7. The number of aryl methyl sites for hydroxylation is 1. The maximum Gasteiger partial charge on any atom is 0.122 e. The molecular formula is C19H21N3O2. The van der Waals surface area contributed by atoms with Crippen LogP contribution < -0.4 is 4.74 Å². The first-order valence-electron chi connectivity index (χ1n) is 7.97. The summed E-state index contributed by atoms with van der Waals surface area (Å²) in [4.78, 5) is 0. The van der Waals surface area contributed by atoms with E-state index in [0.717, 1.165) is 28.8 Å². The van der Waals surface area contributed by atoms with E-state index >= 15 is 0 Å². The maximum absolute atomic E-state index is 10.3. The van der Waals surface area contributed by atoms with Crippen LogP contribution in [0, 0.1) is 6.92 Å². The highest BCUT2D eigenvalue weighted by atomic mass is 16.5. The van der Waals surface area contributed by atoms with Crippen molar-refractivity contribution in [1.82, 2.24) is 15.0 Å². The second-order valence-corrected chi connectivity index (χ2v) is 5.83. The van der Waals surface area contributed by atoms with Gasteiger partial charge in [0, 0.05) is 0 Å². The van der Waals surface area contributed by atoms with E-state index in [1.807, 2.05) is 49.4 Å². The molecule has 1 N–H and O–H groups in total.